The van der Waals surface area contributed by atoms with Crippen molar-refractivity contribution in [3.05, 3.63) is 0 Å². The fraction of sp³-hybridized carbons (Fsp3) is 1.00. The molecule has 0 bridgehead atoms. The highest BCUT2D eigenvalue weighted by atomic mass is 16.3. The monoisotopic (exact) mass is 185 g/mol. The molecule has 1 atom stereocenters. The maximum Gasteiger partial charge on any atom is 0.0494 e. The predicted molar refractivity (Wildman–Crippen MR) is 55.8 cm³/mol. The van der Waals surface area contributed by atoms with Gasteiger partial charge in [-0.1, -0.05) is 20.8 Å². The first-order chi connectivity index (χ1) is 6.09. The molecule has 0 amide bonds. The number of likely N-dealkylation sites (tertiary alicyclic amines) is 1. The molecule has 78 valence electrons. The minimum Gasteiger partial charge on any atom is -0.396 e. The van der Waals surface area contributed by atoms with Crippen LogP contribution in [0.3, 0.4) is 0 Å². The van der Waals surface area contributed by atoms with Gasteiger partial charge in [0.25, 0.3) is 0 Å². The zero-order chi connectivity index (χ0) is 9.90. The Kier molecular flexibility index (Phi) is 3.74. The SMILES string of the molecule is CCC1CCCN1CC(C)(C)CO. The van der Waals surface area contributed by atoms with Gasteiger partial charge in [-0.15, -0.1) is 0 Å². The molecule has 1 aliphatic rings. The van der Waals surface area contributed by atoms with Crippen molar-refractivity contribution in [2.24, 2.45) is 5.41 Å². The third-order valence-electron chi connectivity index (χ3n) is 3.03. The van der Waals surface area contributed by atoms with E-state index in [1.165, 1.54) is 25.8 Å². The fourth-order valence-electron chi connectivity index (χ4n) is 2.17. The minimum absolute atomic E-state index is 0.0672. The molecule has 2 heteroatoms. The number of nitrogens with zero attached hydrogens (tertiary/aromatic N) is 1. The molecule has 2 nitrogen and oxygen atoms in total. The highest BCUT2D eigenvalue weighted by Gasteiger charge is 2.28. The van der Waals surface area contributed by atoms with Gasteiger partial charge in [-0.2, -0.15) is 0 Å². The van der Waals surface area contributed by atoms with Gasteiger partial charge in [0.05, 0.1) is 0 Å². The van der Waals surface area contributed by atoms with Crippen LogP contribution < -0.4 is 0 Å². The largest absolute Gasteiger partial charge is 0.396 e. The molecule has 0 saturated carbocycles. The molecule has 1 aliphatic heterocycles. The average molecular weight is 185 g/mol. The quantitative estimate of drug-likeness (QED) is 0.723. The van der Waals surface area contributed by atoms with E-state index in [1.54, 1.807) is 0 Å². The number of aliphatic hydroxyl groups excluding tert-OH is 1. The Balaban J connectivity index is 2.43. The summed E-state index contributed by atoms with van der Waals surface area (Å²) < 4.78 is 0. The molecule has 1 fully saturated rings. The first kappa shape index (κ1) is 11.0. The molecule has 0 aromatic carbocycles. The van der Waals surface area contributed by atoms with Crippen LogP contribution in [0.4, 0.5) is 0 Å². The van der Waals surface area contributed by atoms with Crippen LogP contribution in [0.2, 0.25) is 0 Å². The van der Waals surface area contributed by atoms with Crippen LogP contribution >= 0.6 is 0 Å². The van der Waals surface area contributed by atoms with Crippen LogP contribution in [-0.4, -0.2) is 35.7 Å². The molecule has 0 aliphatic carbocycles. The molecule has 0 aromatic rings. The number of aliphatic hydroxyl groups is 1. The Morgan fingerprint density at radius 3 is 2.69 bits per heavy atom. The summed E-state index contributed by atoms with van der Waals surface area (Å²) in [6.45, 7) is 9.09. The summed E-state index contributed by atoms with van der Waals surface area (Å²) in [5.74, 6) is 0. The minimum atomic E-state index is 0.0672. The van der Waals surface area contributed by atoms with Gasteiger partial charge < -0.3 is 5.11 Å². The summed E-state index contributed by atoms with van der Waals surface area (Å²) >= 11 is 0. The van der Waals surface area contributed by atoms with Crippen molar-refractivity contribution in [3.63, 3.8) is 0 Å². The van der Waals surface area contributed by atoms with E-state index in [-0.39, 0.29) is 5.41 Å². The van der Waals surface area contributed by atoms with Crippen LogP contribution in [0, 0.1) is 5.41 Å². The second-order valence-corrected chi connectivity index (χ2v) is 5.00. The molecule has 0 spiro atoms. The first-order valence-electron chi connectivity index (χ1n) is 5.44. The van der Waals surface area contributed by atoms with Gasteiger partial charge in [0.15, 0.2) is 0 Å². The van der Waals surface area contributed by atoms with Crippen molar-refractivity contribution in [1.29, 1.82) is 0 Å². The maximum atomic E-state index is 9.19. The standard InChI is InChI=1S/C11H23NO/c1-4-10-6-5-7-12(10)8-11(2,3)9-13/h10,13H,4-9H2,1-3H3. The van der Waals surface area contributed by atoms with Gasteiger partial charge in [0.2, 0.25) is 0 Å². The summed E-state index contributed by atoms with van der Waals surface area (Å²) in [4.78, 5) is 2.54. The summed E-state index contributed by atoms with van der Waals surface area (Å²) in [6, 6.07) is 0.769. The van der Waals surface area contributed by atoms with E-state index in [9.17, 15) is 5.11 Å². The predicted octanol–water partition coefficient (Wildman–Crippen LogP) is 1.88. The molecule has 1 heterocycles. The molecule has 1 unspecified atom stereocenters. The third-order valence-corrected chi connectivity index (χ3v) is 3.03. The van der Waals surface area contributed by atoms with Crippen LogP contribution in [0.1, 0.15) is 40.0 Å². The summed E-state index contributed by atoms with van der Waals surface area (Å²) in [6.07, 6.45) is 3.93. The molecule has 0 aromatic heterocycles. The number of hydrogen-bond acceptors (Lipinski definition) is 2. The first-order valence-corrected chi connectivity index (χ1v) is 5.44. The Morgan fingerprint density at radius 2 is 2.15 bits per heavy atom. The van der Waals surface area contributed by atoms with Gasteiger partial charge >= 0.3 is 0 Å². The normalized spacial score (nSPS) is 25.4. The Labute approximate surface area is 81.9 Å². The highest BCUT2D eigenvalue weighted by Crippen LogP contribution is 2.25. The van der Waals surface area contributed by atoms with E-state index >= 15 is 0 Å². The van der Waals surface area contributed by atoms with Gasteiger partial charge in [0, 0.05) is 24.6 Å². The average Bonchev–Trinajstić information content (AvgIpc) is 2.51. The Hall–Kier alpha value is -0.0800. The van der Waals surface area contributed by atoms with Crippen LogP contribution in [-0.2, 0) is 0 Å². The lowest BCUT2D eigenvalue weighted by atomic mass is 9.93. The maximum absolute atomic E-state index is 9.19. The molecular formula is C11H23NO. The van der Waals surface area contributed by atoms with Crippen molar-refractivity contribution in [3.8, 4) is 0 Å². The van der Waals surface area contributed by atoms with Crippen molar-refractivity contribution < 1.29 is 5.11 Å². The number of rotatable bonds is 4. The summed E-state index contributed by atoms with van der Waals surface area (Å²) in [7, 11) is 0. The lowest BCUT2D eigenvalue weighted by molar-refractivity contribution is 0.0955. The second-order valence-electron chi connectivity index (χ2n) is 5.00. The molecule has 1 saturated heterocycles. The van der Waals surface area contributed by atoms with E-state index in [4.69, 9.17) is 0 Å². The Morgan fingerprint density at radius 1 is 1.46 bits per heavy atom. The van der Waals surface area contributed by atoms with Crippen molar-refractivity contribution in [1.82, 2.24) is 4.90 Å². The van der Waals surface area contributed by atoms with E-state index < -0.39 is 0 Å². The molecule has 1 rings (SSSR count). The van der Waals surface area contributed by atoms with E-state index in [1.807, 2.05) is 0 Å². The Bertz CT molecular complexity index is 156. The molecule has 0 radical (unpaired) electrons. The van der Waals surface area contributed by atoms with Crippen molar-refractivity contribution in [2.75, 3.05) is 19.7 Å². The zero-order valence-corrected chi connectivity index (χ0v) is 9.21. The summed E-state index contributed by atoms with van der Waals surface area (Å²) in [5.41, 5.74) is 0.0672. The topological polar surface area (TPSA) is 23.5 Å². The molecular weight excluding hydrogens is 162 g/mol. The summed E-state index contributed by atoms with van der Waals surface area (Å²) in [5, 5.41) is 9.19. The number of hydrogen-bond donors (Lipinski definition) is 1. The molecule has 13 heavy (non-hydrogen) atoms. The van der Waals surface area contributed by atoms with Crippen LogP contribution in [0.25, 0.3) is 0 Å². The van der Waals surface area contributed by atoms with Gasteiger partial charge in [-0.3, -0.25) is 4.90 Å². The second kappa shape index (κ2) is 4.43. The van der Waals surface area contributed by atoms with E-state index in [0.717, 1.165) is 12.6 Å². The van der Waals surface area contributed by atoms with Crippen LogP contribution in [0.5, 0.6) is 0 Å². The van der Waals surface area contributed by atoms with Crippen molar-refractivity contribution in [2.45, 2.75) is 46.1 Å². The van der Waals surface area contributed by atoms with Gasteiger partial charge in [0.1, 0.15) is 0 Å². The molecule has 1 N–H and O–H groups in total. The van der Waals surface area contributed by atoms with Gasteiger partial charge in [-0.25, -0.2) is 0 Å². The van der Waals surface area contributed by atoms with E-state index in [0.29, 0.717) is 6.61 Å². The third kappa shape index (κ3) is 2.96. The van der Waals surface area contributed by atoms with E-state index in [2.05, 4.69) is 25.7 Å². The highest BCUT2D eigenvalue weighted by molar-refractivity contribution is 4.82. The van der Waals surface area contributed by atoms with Crippen LogP contribution in [0.15, 0.2) is 0 Å². The zero-order valence-electron chi connectivity index (χ0n) is 9.21. The smallest absolute Gasteiger partial charge is 0.0494 e. The lowest BCUT2D eigenvalue weighted by Crippen LogP contribution is -2.39. The van der Waals surface area contributed by atoms with Gasteiger partial charge in [-0.05, 0) is 25.8 Å². The fourth-order valence-corrected chi connectivity index (χ4v) is 2.17. The lowest BCUT2D eigenvalue weighted by Gasteiger charge is -2.32. The van der Waals surface area contributed by atoms with Crippen molar-refractivity contribution >= 4 is 0 Å².